The highest BCUT2D eigenvalue weighted by atomic mass is 35.5. The molecule has 132 valence electrons. The first-order valence-corrected chi connectivity index (χ1v) is 9.70. The Hall–Kier alpha value is -1.84. The lowest BCUT2D eigenvalue weighted by Crippen LogP contribution is -2.15. The van der Waals surface area contributed by atoms with E-state index in [1.54, 1.807) is 0 Å². The highest BCUT2D eigenvalue weighted by Gasteiger charge is 2.13. The van der Waals surface area contributed by atoms with Crippen molar-refractivity contribution < 1.29 is 4.74 Å². The second-order valence-corrected chi connectivity index (χ2v) is 7.86. The van der Waals surface area contributed by atoms with E-state index >= 15 is 0 Å². The van der Waals surface area contributed by atoms with Gasteiger partial charge >= 0.3 is 0 Å². The van der Waals surface area contributed by atoms with Gasteiger partial charge in [-0.05, 0) is 23.6 Å². The van der Waals surface area contributed by atoms with Crippen LogP contribution in [0.15, 0.2) is 29.4 Å². The third-order valence-corrected chi connectivity index (χ3v) is 5.44. The molecule has 3 aromatic rings. The van der Waals surface area contributed by atoms with Gasteiger partial charge < -0.3 is 10.6 Å². The molecule has 0 fully saturated rings. The second-order valence-electron chi connectivity index (χ2n) is 5.56. The van der Waals surface area contributed by atoms with Crippen LogP contribution in [0.5, 0.6) is 5.75 Å². The average Bonchev–Trinajstić information content (AvgIpc) is 3.17. The quantitative estimate of drug-likeness (QED) is 0.482. The van der Waals surface area contributed by atoms with Crippen LogP contribution in [0.2, 0.25) is 4.34 Å². The number of halogens is 1. The van der Waals surface area contributed by atoms with E-state index in [-0.39, 0.29) is 6.61 Å². The van der Waals surface area contributed by atoms with Gasteiger partial charge in [0, 0.05) is 17.3 Å². The summed E-state index contributed by atoms with van der Waals surface area (Å²) in [5.74, 6) is 8.36. The number of benzene rings is 1. The third-order valence-electron chi connectivity index (χ3n) is 3.50. The Morgan fingerprint density at radius 1 is 1.24 bits per heavy atom. The fourth-order valence-corrected chi connectivity index (χ4v) is 3.63. The Morgan fingerprint density at radius 2 is 2.00 bits per heavy atom. The second kappa shape index (κ2) is 8.03. The van der Waals surface area contributed by atoms with Crippen LogP contribution >= 0.6 is 34.9 Å². The number of hydrogen-bond acceptors (Lipinski definition) is 8. The molecule has 0 saturated heterocycles. The van der Waals surface area contributed by atoms with Crippen molar-refractivity contribution in [2.45, 2.75) is 37.3 Å². The Balaban J connectivity index is 1.58. The van der Waals surface area contributed by atoms with Crippen molar-refractivity contribution >= 4 is 34.9 Å². The summed E-state index contributed by atoms with van der Waals surface area (Å²) in [6.07, 6.45) is 0. The molecule has 0 aliphatic carbocycles. The van der Waals surface area contributed by atoms with E-state index in [0.29, 0.717) is 32.7 Å². The molecule has 0 saturated carbocycles. The van der Waals surface area contributed by atoms with Gasteiger partial charge in [0.25, 0.3) is 0 Å². The van der Waals surface area contributed by atoms with Gasteiger partial charge in [-0.2, -0.15) is 0 Å². The van der Waals surface area contributed by atoms with Crippen LogP contribution in [0, 0.1) is 0 Å². The summed E-state index contributed by atoms with van der Waals surface area (Å²) in [5.41, 5.74) is 1.98. The average molecular weight is 397 g/mol. The Labute approximate surface area is 158 Å². The van der Waals surface area contributed by atoms with E-state index in [9.17, 15) is 0 Å². The molecule has 0 bridgehead atoms. The lowest BCUT2D eigenvalue weighted by atomic mass is 10.0. The lowest BCUT2D eigenvalue weighted by Gasteiger charge is -2.08. The summed E-state index contributed by atoms with van der Waals surface area (Å²) >= 11 is 8.53. The van der Waals surface area contributed by atoms with Crippen molar-refractivity contribution in [2.75, 3.05) is 5.84 Å². The van der Waals surface area contributed by atoms with Gasteiger partial charge in [0.15, 0.2) is 5.82 Å². The number of nitrogens with zero attached hydrogens (tertiary/aromatic N) is 5. The van der Waals surface area contributed by atoms with Crippen molar-refractivity contribution in [1.29, 1.82) is 0 Å². The van der Waals surface area contributed by atoms with E-state index < -0.39 is 0 Å². The van der Waals surface area contributed by atoms with E-state index in [1.807, 2.05) is 12.1 Å². The minimum atomic E-state index is 0.240. The summed E-state index contributed by atoms with van der Waals surface area (Å²) in [4.78, 5) is 0. The monoisotopic (exact) mass is 396 g/mol. The van der Waals surface area contributed by atoms with E-state index in [4.69, 9.17) is 22.2 Å². The van der Waals surface area contributed by atoms with Gasteiger partial charge in [0.05, 0.1) is 0 Å². The molecule has 0 atom stereocenters. The van der Waals surface area contributed by atoms with Crippen LogP contribution in [0.1, 0.15) is 36.8 Å². The molecule has 2 aromatic heterocycles. The summed E-state index contributed by atoms with van der Waals surface area (Å²) in [7, 11) is 0. The van der Waals surface area contributed by atoms with Crippen molar-refractivity contribution in [3.63, 3.8) is 0 Å². The van der Waals surface area contributed by atoms with Crippen molar-refractivity contribution in [2.24, 2.45) is 0 Å². The minimum absolute atomic E-state index is 0.240. The first kappa shape index (κ1) is 18.0. The fraction of sp³-hybridized carbons (Fsp3) is 0.333. The maximum atomic E-state index is 6.03. The molecule has 0 spiro atoms. The molecule has 0 radical (unpaired) electrons. The van der Waals surface area contributed by atoms with Crippen molar-refractivity contribution in [3.05, 3.63) is 45.7 Å². The predicted octanol–water partition coefficient (Wildman–Crippen LogP) is 3.49. The molecular weight excluding hydrogens is 380 g/mol. The van der Waals surface area contributed by atoms with Gasteiger partial charge in [-0.3, -0.25) is 0 Å². The SMILES string of the molecule is CC(C)c1ccc(OCc2nnc(SCc3nnsc3Cl)n2N)cc1. The molecule has 3 rings (SSSR count). The molecule has 2 heterocycles. The maximum absolute atomic E-state index is 6.03. The Morgan fingerprint density at radius 3 is 2.64 bits per heavy atom. The predicted molar refractivity (Wildman–Crippen MR) is 99.5 cm³/mol. The molecule has 0 aliphatic heterocycles. The summed E-state index contributed by atoms with van der Waals surface area (Å²) in [5, 5.41) is 12.7. The number of nitrogen functional groups attached to an aromatic ring is 1. The summed E-state index contributed by atoms with van der Waals surface area (Å²) < 4.78 is 11.5. The van der Waals surface area contributed by atoms with Gasteiger partial charge in [-0.1, -0.05) is 53.8 Å². The zero-order chi connectivity index (χ0) is 17.8. The Kier molecular flexibility index (Phi) is 5.77. The normalized spacial score (nSPS) is 11.2. The van der Waals surface area contributed by atoms with Crippen LogP contribution in [0.25, 0.3) is 0 Å². The molecular formula is C15H17ClN6OS2. The smallest absolute Gasteiger partial charge is 0.210 e. The number of rotatable bonds is 7. The number of ether oxygens (including phenoxy) is 1. The summed E-state index contributed by atoms with van der Waals surface area (Å²) in [6.45, 7) is 4.55. The Bertz CT molecular complexity index is 833. The topological polar surface area (TPSA) is 91.7 Å². The maximum Gasteiger partial charge on any atom is 0.210 e. The van der Waals surface area contributed by atoms with Gasteiger partial charge in [-0.25, -0.2) is 4.68 Å². The van der Waals surface area contributed by atoms with Gasteiger partial charge in [-0.15, -0.1) is 15.3 Å². The zero-order valence-electron chi connectivity index (χ0n) is 13.7. The third kappa shape index (κ3) is 4.42. The number of aromatic nitrogens is 5. The minimum Gasteiger partial charge on any atom is -0.486 e. The van der Waals surface area contributed by atoms with Crippen molar-refractivity contribution in [3.8, 4) is 5.75 Å². The molecule has 10 heteroatoms. The molecule has 2 N–H and O–H groups in total. The largest absolute Gasteiger partial charge is 0.486 e. The number of nitrogens with two attached hydrogens (primary N) is 1. The van der Waals surface area contributed by atoms with Crippen molar-refractivity contribution in [1.82, 2.24) is 24.5 Å². The highest BCUT2D eigenvalue weighted by molar-refractivity contribution is 7.98. The standard InChI is InChI=1S/C15H17ClN6OS2/c1-9(2)10-3-5-11(6-4-10)23-7-13-19-20-15(22(13)17)24-8-12-14(16)25-21-18-12/h3-6,9H,7-8,17H2,1-2H3. The van der Waals surface area contributed by atoms with Crippen LogP contribution < -0.4 is 10.6 Å². The first-order valence-electron chi connectivity index (χ1n) is 7.56. The fourth-order valence-electron chi connectivity index (χ4n) is 2.02. The molecule has 1 aromatic carbocycles. The van der Waals surface area contributed by atoms with Crippen LogP contribution in [-0.2, 0) is 12.4 Å². The number of hydrogen-bond donors (Lipinski definition) is 1. The van der Waals surface area contributed by atoms with Gasteiger partial charge in [0.2, 0.25) is 5.16 Å². The molecule has 0 aliphatic rings. The van der Waals surface area contributed by atoms with Crippen LogP contribution in [0.4, 0.5) is 0 Å². The lowest BCUT2D eigenvalue weighted by molar-refractivity contribution is 0.291. The molecule has 25 heavy (non-hydrogen) atoms. The van der Waals surface area contributed by atoms with E-state index in [1.165, 1.54) is 22.0 Å². The van der Waals surface area contributed by atoms with Crippen LogP contribution in [0.3, 0.4) is 0 Å². The van der Waals surface area contributed by atoms with E-state index in [2.05, 4.69) is 45.8 Å². The summed E-state index contributed by atoms with van der Waals surface area (Å²) in [6, 6.07) is 8.00. The molecule has 7 nitrogen and oxygen atoms in total. The van der Waals surface area contributed by atoms with E-state index in [0.717, 1.165) is 17.3 Å². The molecule has 0 amide bonds. The number of thioether (sulfide) groups is 1. The van der Waals surface area contributed by atoms with Crippen LogP contribution in [-0.4, -0.2) is 24.5 Å². The first-order chi connectivity index (χ1) is 12.0. The highest BCUT2D eigenvalue weighted by Crippen LogP contribution is 2.26. The van der Waals surface area contributed by atoms with Gasteiger partial charge in [0.1, 0.15) is 22.4 Å². The zero-order valence-corrected chi connectivity index (χ0v) is 16.1. The molecule has 0 unspecified atom stereocenters.